The van der Waals surface area contributed by atoms with Gasteiger partial charge < -0.3 is 10.2 Å². The maximum Gasteiger partial charge on any atom is 0.251 e. The van der Waals surface area contributed by atoms with Crippen LogP contribution in [-0.4, -0.2) is 24.4 Å². The largest absolute Gasteiger partial charge is 0.340 e. The monoisotopic (exact) mass is 322 g/mol. The van der Waals surface area contributed by atoms with Crippen LogP contribution in [0.25, 0.3) is 0 Å². The fourth-order valence-electron chi connectivity index (χ4n) is 3.12. The number of nitrogens with one attached hydrogen (secondary N) is 1. The van der Waals surface area contributed by atoms with Crippen LogP contribution in [0.3, 0.4) is 0 Å². The van der Waals surface area contributed by atoms with E-state index in [1.54, 1.807) is 17.0 Å². The van der Waals surface area contributed by atoms with Crippen molar-refractivity contribution in [3.63, 3.8) is 0 Å². The van der Waals surface area contributed by atoms with Crippen LogP contribution in [0.4, 0.5) is 5.69 Å². The molecule has 3 rings (SSSR count). The molecule has 24 heavy (non-hydrogen) atoms. The third-order valence-electron chi connectivity index (χ3n) is 4.34. The van der Waals surface area contributed by atoms with Crippen molar-refractivity contribution in [1.29, 1.82) is 0 Å². The van der Waals surface area contributed by atoms with Crippen molar-refractivity contribution in [3.8, 4) is 0 Å². The summed E-state index contributed by atoms with van der Waals surface area (Å²) in [5.41, 5.74) is 4.85. The van der Waals surface area contributed by atoms with Gasteiger partial charge in [-0.2, -0.15) is 0 Å². The highest BCUT2D eigenvalue weighted by molar-refractivity contribution is 6.04. The lowest BCUT2D eigenvalue weighted by Crippen LogP contribution is -2.41. The van der Waals surface area contributed by atoms with E-state index in [4.69, 9.17) is 0 Å². The van der Waals surface area contributed by atoms with Crippen molar-refractivity contribution in [2.24, 2.45) is 0 Å². The van der Waals surface area contributed by atoms with Gasteiger partial charge in [-0.1, -0.05) is 23.8 Å². The molecule has 0 spiro atoms. The zero-order valence-electron chi connectivity index (χ0n) is 14.3. The standard InChI is InChI=1S/C20H22N2O2/c1-13-4-6-16(7-5-13)19(23)21-18-8-9-22(20(18)24)17-11-14(2)10-15(3)12-17/h4-7,10-12,18H,8-9H2,1-3H3,(H,21,23)/t18-/m1/s1. The molecule has 2 aromatic carbocycles. The van der Waals surface area contributed by atoms with Crippen LogP contribution in [0.15, 0.2) is 42.5 Å². The number of carbonyl (C=O) groups excluding carboxylic acids is 2. The lowest BCUT2D eigenvalue weighted by atomic mass is 10.1. The van der Waals surface area contributed by atoms with Crippen molar-refractivity contribution < 1.29 is 9.59 Å². The summed E-state index contributed by atoms with van der Waals surface area (Å²) >= 11 is 0. The maximum atomic E-state index is 12.7. The summed E-state index contributed by atoms with van der Waals surface area (Å²) in [7, 11) is 0. The number of anilines is 1. The number of hydrogen-bond acceptors (Lipinski definition) is 2. The molecule has 1 N–H and O–H groups in total. The molecule has 0 saturated carbocycles. The van der Waals surface area contributed by atoms with Crippen molar-refractivity contribution in [1.82, 2.24) is 5.32 Å². The first-order valence-electron chi connectivity index (χ1n) is 8.21. The zero-order valence-corrected chi connectivity index (χ0v) is 14.3. The Morgan fingerprint density at radius 3 is 2.25 bits per heavy atom. The molecular weight excluding hydrogens is 300 g/mol. The Balaban J connectivity index is 1.72. The first-order chi connectivity index (χ1) is 11.4. The topological polar surface area (TPSA) is 49.4 Å². The summed E-state index contributed by atoms with van der Waals surface area (Å²) in [4.78, 5) is 26.8. The van der Waals surface area contributed by atoms with Crippen LogP contribution in [0.2, 0.25) is 0 Å². The van der Waals surface area contributed by atoms with Crippen molar-refractivity contribution in [3.05, 3.63) is 64.7 Å². The molecule has 2 aromatic rings. The SMILES string of the molecule is Cc1ccc(C(=O)N[C@@H]2CCN(c3cc(C)cc(C)c3)C2=O)cc1. The Morgan fingerprint density at radius 2 is 1.62 bits per heavy atom. The second kappa shape index (κ2) is 6.48. The first kappa shape index (κ1) is 16.2. The van der Waals surface area contributed by atoms with Gasteiger partial charge in [0.05, 0.1) is 0 Å². The molecule has 4 nitrogen and oxygen atoms in total. The van der Waals surface area contributed by atoms with Gasteiger partial charge >= 0.3 is 0 Å². The highest BCUT2D eigenvalue weighted by atomic mass is 16.2. The Labute approximate surface area is 142 Å². The molecular formula is C20H22N2O2. The molecule has 4 heteroatoms. The van der Waals surface area contributed by atoms with Crippen LogP contribution >= 0.6 is 0 Å². The number of carbonyl (C=O) groups is 2. The average molecular weight is 322 g/mol. The van der Waals surface area contributed by atoms with E-state index in [-0.39, 0.29) is 11.8 Å². The van der Waals surface area contributed by atoms with Crippen LogP contribution < -0.4 is 10.2 Å². The normalized spacial score (nSPS) is 17.2. The molecule has 1 aliphatic rings. The molecule has 1 aliphatic heterocycles. The summed E-state index contributed by atoms with van der Waals surface area (Å²) in [6, 6.07) is 13.0. The lowest BCUT2D eigenvalue weighted by Gasteiger charge is -2.18. The van der Waals surface area contributed by atoms with E-state index in [2.05, 4.69) is 11.4 Å². The molecule has 1 saturated heterocycles. The first-order valence-corrected chi connectivity index (χ1v) is 8.21. The maximum absolute atomic E-state index is 12.7. The Bertz CT molecular complexity index is 760. The van der Waals surface area contributed by atoms with E-state index in [0.29, 0.717) is 18.5 Å². The fourth-order valence-corrected chi connectivity index (χ4v) is 3.12. The molecule has 124 valence electrons. The van der Waals surface area contributed by atoms with Gasteiger partial charge in [-0.3, -0.25) is 9.59 Å². The minimum Gasteiger partial charge on any atom is -0.340 e. The minimum atomic E-state index is -0.459. The highest BCUT2D eigenvalue weighted by Gasteiger charge is 2.33. The van der Waals surface area contributed by atoms with Gasteiger partial charge in [-0.15, -0.1) is 0 Å². The van der Waals surface area contributed by atoms with Crippen molar-refractivity contribution in [2.75, 3.05) is 11.4 Å². The Hall–Kier alpha value is -2.62. The molecule has 0 unspecified atom stereocenters. The third-order valence-corrected chi connectivity index (χ3v) is 4.34. The van der Waals surface area contributed by atoms with E-state index in [1.807, 2.05) is 45.0 Å². The predicted molar refractivity (Wildman–Crippen MR) is 95.3 cm³/mol. The van der Waals surface area contributed by atoms with Crippen LogP contribution in [0.1, 0.15) is 33.5 Å². The molecule has 0 radical (unpaired) electrons. The summed E-state index contributed by atoms with van der Waals surface area (Å²) in [6.07, 6.45) is 0.628. The molecule has 1 heterocycles. The van der Waals surface area contributed by atoms with Crippen molar-refractivity contribution in [2.45, 2.75) is 33.2 Å². The van der Waals surface area contributed by atoms with E-state index in [0.717, 1.165) is 22.4 Å². The van der Waals surface area contributed by atoms with E-state index in [9.17, 15) is 9.59 Å². The van der Waals surface area contributed by atoms with Gasteiger partial charge in [0, 0.05) is 17.8 Å². The lowest BCUT2D eigenvalue weighted by molar-refractivity contribution is -0.118. The van der Waals surface area contributed by atoms with Gasteiger partial charge in [-0.05, 0) is 62.6 Å². The summed E-state index contributed by atoms with van der Waals surface area (Å²) < 4.78 is 0. The number of aryl methyl sites for hydroxylation is 3. The average Bonchev–Trinajstić information content (AvgIpc) is 2.88. The number of hydrogen-bond donors (Lipinski definition) is 1. The highest BCUT2D eigenvalue weighted by Crippen LogP contribution is 2.24. The number of amides is 2. The number of benzene rings is 2. The summed E-state index contributed by atoms with van der Waals surface area (Å²) in [5, 5.41) is 2.86. The van der Waals surface area contributed by atoms with Gasteiger partial charge in [0.15, 0.2) is 0 Å². The minimum absolute atomic E-state index is 0.0412. The van der Waals surface area contributed by atoms with Gasteiger partial charge in [0.25, 0.3) is 5.91 Å². The predicted octanol–water partition coefficient (Wildman–Crippen LogP) is 3.15. The van der Waals surface area contributed by atoms with E-state index in [1.165, 1.54) is 0 Å². The van der Waals surface area contributed by atoms with E-state index >= 15 is 0 Å². The molecule has 2 amide bonds. The quantitative estimate of drug-likeness (QED) is 0.944. The third kappa shape index (κ3) is 3.32. The molecule has 1 fully saturated rings. The van der Waals surface area contributed by atoms with Gasteiger partial charge in [0.2, 0.25) is 5.91 Å². The second-order valence-electron chi connectivity index (χ2n) is 6.52. The molecule has 0 bridgehead atoms. The molecule has 0 aliphatic carbocycles. The zero-order chi connectivity index (χ0) is 17.3. The number of nitrogens with zero attached hydrogens (tertiary/aromatic N) is 1. The summed E-state index contributed by atoms with van der Waals surface area (Å²) in [6.45, 7) is 6.64. The molecule has 0 aromatic heterocycles. The van der Waals surface area contributed by atoms with Crippen molar-refractivity contribution >= 4 is 17.5 Å². The second-order valence-corrected chi connectivity index (χ2v) is 6.52. The van der Waals surface area contributed by atoms with E-state index < -0.39 is 6.04 Å². The van der Waals surface area contributed by atoms with Crippen LogP contribution in [-0.2, 0) is 4.79 Å². The molecule has 1 atom stereocenters. The Kier molecular flexibility index (Phi) is 4.38. The van der Waals surface area contributed by atoms with Crippen LogP contribution in [0, 0.1) is 20.8 Å². The number of rotatable bonds is 3. The summed E-state index contributed by atoms with van der Waals surface area (Å²) in [5.74, 6) is -0.240. The van der Waals surface area contributed by atoms with Gasteiger partial charge in [-0.25, -0.2) is 0 Å². The van der Waals surface area contributed by atoms with Gasteiger partial charge in [0.1, 0.15) is 6.04 Å². The smallest absolute Gasteiger partial charge is 0.251 e. The Morgan fingerprint density at radius 1 is 1.00 bits per heavy atom. The van der Waals surface area contributed by atoms with Crippen LogP contribution in [0.5, 0.6) is 0 Å². The fraction of sp³-hybridized carbons (Fsp3) is 0.300.